The summed E-state index contributed by atoms with van der Waals surface area (Å²) < 4.78 is 22.9. The molecule has 6 heteroatoms. The van der Waals surface area contributed by atoms with Gasteiger partial charge in [0.05, 0.1) is 18.8 Å². The molecule has 2 heterocycles. The van der Waals surface area contributed by atoms with Crippen LogP contribution in [0.1, 0.15) is 48.9 Å². The highest BCUT2D eigenvalue weighted by Gasteiger charge is 2.27. The molecule has 2 aliphatic heterocycles. The van der Waals surface area contributed by atoms with Gasteiger partial charge in [-0.25, -0.2) is 4.39 Å². The summed E-state index contributed by atoms with van der Waals surface area (Å²) in [6, 6.07) is 14.4. The Balaban J connectivity index is 0.000000234. The van der Waals surface area contributed by atoms with Crippen molar-refractivity contribution in [2.24, 2.45) is 5.73 Å². The van der Waals surface area contributed by atoms with Crippen molar-refractivity contribution < 1.29 is 18.7 Å². The first-order chi connectivity index (χ1) is 15.1. The van der Waals surface area contributed by atoms with Gasteiger partial charge in [0.15, 0.2) is 0 Å². The van der Waals surface area contributed by atoms with Crippen LogP contribution in [0.5, 0.6) is 0 Å². The van der Waals surface area contributed by atoms with E-state index in [1.165, 1.54) is 37.0 Å². The van der Waals surface area contributed by atoms with Crippen molar-refractivity contribution >= 4 is 6.41 Å². The molecule has 0 bridgehead atoms. The predicted molar refractivity (Wildman–Crippen MR) is 121 cm³/mol. The van der Waals surface area contributed by atoms with Crippen molar-refractivity contribution in [2.75, 3.05) is 33.4 Å². The van der Waals surface area contributed by atoms with Gasteiger partial charge in [-0.2, -0.15) is 0 Å². The monoisotopic (exact) mass is 430 g/mol. The van der Waals surface area contributed by atoms with Crippen molar-refractivity contribution in [3.63, 3.8) is 0 Å². The summed E-state index contributed by atoms with van der Waals surface area (Å²) in [7, 11) is 1.63. The lowest BCUT2D eigenvalue weighted by molar-refractivity contribution is -0.119. The van der Waals surface area contributed by atoms with Gasteiger partial charge in [-0.1, -0.05) is 36.4 Å². The quantitative estimate of drug-likeness (QED) is 0.742. The van der Waals surface area contributed by atoms with Crippen LogP contribution in [-0.2, 0) is 20.7 Å². The van der Waals surface area contributed by atoms with Gasteiger partial charge in [0.2, 0.25) is 6.41 Å². The van der Waals surface area contributed by atoms with Crippen LogP contribution < -0.4 is 5.73 Å². The van der Waals surface area contributed by atoms with Gasteiger partial charge < -0.3 is 20.1 Å². The fourth-order valence-electron chi connectivity index (χ4n) is 3.74. The Morgan fingerprint density at radius 3 is 2.45 bits per heavy atom. The van der Waals surface area contributed by atoms with Gasteiger partial charge in [0.1, 0.15) is 5.82 Å². The highest BCUT2D eigenvalue weighted by atomic mass is 19.1. The number of rotatable bonds is 4. The van der Waals surface area contributed by atoms with Crippen LogP contribution in [0.4, 0.5) is 4.39 Å². The van der Waals surface area contributed by atoms with Crippen molar-refractivity contribution in [3.05, 3.63) is 71.0 Å². The average Bonchev–Trinajstić information content (AvgIpc) is 2.81. The van der Waals surface area contributed by atoms with Gasteiger partial charge in [0, 0.05) is 26.8 Å². The molecule has 0 aromatic heterocycles. The minimum Gasteiger partial charge on any atom is -0.383 e. The Morgan fingerprint density at radius 2 is 1.94 bits per heavy atom. The zero-order valence-electron chi connectivity index (χ0n) is 18.6. The number of hydrogen-bond donors (Lipinski definition) is 1. The molecule has 0 spiro atoms. The summed E-state index contributed by atoms with van der Waals surface area (Å²) in [6.07, 6.45) is 6.18. The molecule has 170 valence electrons. The van der Waals surface area contributed by atoms with E-state index in [4.69, 9.17) is 10.5 Å². The van der Waals surface area contributed by atoms with Crippen LogP contribution in [0.15, 0.2) is 48.5 Å². The third kappa shape index (κ3) is 8.05. The zero-order valence-corrected chi connectivity index (χ0v) is 18.6. The van der Waals surface area contributed by atoms with Gasteiger partial charge in [-0.05, 0) is 61.4 Å². The maximum atomic E-state index is 13.0. The maximum Gasteiger partial charge on any atom is 0.210 e. The lowest BCUT2D eigenvalue weighted by atomic mass is 9.88. The number of benzene rings is 2. The van der Waals surface area contributed by atoms with E-state index >= 15 is 0 Å². The summed E-state index contributed by atoms with van der Waals surface area (Å²) in [4.78, 5) is 13.0. The van der Waals surface area contributed by atoms with Crippen LogP contribution in [0.3, 0.4) is 0 Å². The van der Waals surface area contributed by atoms with Gasteiger partial charge in [-0.15, -0.1) is 0 Å². The first-order valence-corrected chi connectivity index (χ1v) is 11.0. The SMILES string of the molecule is COCCN.C[C@H]1CCCCO1.O=CN1CCc2ccccc2[C@@H]1c1ccc(F)cc1. The molecule has 31 heavy (non-hydrogen) atoms. The number of carbonyl (C=O) groups is 1. The number of nitrogens with two attached hydrogens (primary N) is 1. The van der Waals surface area contributed by atoms with Crippen molar-refractivity contribution in [1.29, 1.82) is 0 Å². The van der Waals surface area contributed by atoms with E-state index in [1.807, 2.05) is 18.2 Å². The molecular weight excluding hydrogens is 395 g/mol. The van der Waals surface area contributed by atoms with E-state index in [0.717, 1.165) is 30.6 Å². The third-order valence-corrected chi connectivity index (χ3v) is 5.37. The number of halogens is 1. The van der Waals surface area contributed by atoms with Crippen LogP contribution in [0.25, 0.3) is 0 Å². The Bertz CT molecular complexity index is 762. The standard InChI is InChI=1S/C16H14FNO.C6H12O.C3H9NO/c17-14-7-5-13(6-8-14)16-15-4-2-1-3-12(15)9-10-18(16)11-19;1-6-4-2-3-5-7-6;1-5-3-2-4/h1-8,11,16H,9-10H2;6H,2-5H2,1H3;2-4H2,1H3/t16-;6-;/m00./s1. The number of fused-ring (bicyclic) bond motifs is 1. The summed E-state index contributed by atoms with van der Waals surface area (Å²) in [5.74, 6) is -0.259. The van der Waals surface area contributed by atoms with Gasteiger partial charge in [0.25, 0.3) is 0 Å². The van der Waals surface area contributed by atoms with Crippen LogP contribution in [-0.4, -0.2) is 50.8 Å². The van der Waals surface area contributed by atoms with Gasteiger partial charge >= 0.3 is 0 Å². The second kappa shape index (κ2) is 13.9. The number of nitrogens with zero attached hydrogens (tertiary/aromatic N) is 1. The fourth-order valence-corrected chi connectivity index (χ4v) is 3.74. The van der Waals surface area contributed by atoms with E-state index in [2.05, 4.69) is 17.7 Å². The third-order valence-electron chi connectivity index (χ3n) is 5.37. The van der Waals surface area contributed by atoms with E-state index in [1.54, 1.807) is 24.1 Å². The van der Waals surface area contributed by atoms with E-state index in [9.17, 15) is 9.18 Å². The minimum atomic E-state index is -0.259. The lowest BCUT2D eigenvalue weighted by Crippen LogP contribution is -2.34. The van der Waals surface area contributed by atoms with E-state index in [0.29, 0.717) is 25.8 Å². The highest BCUT2D eigenvalue weighted by Crippen LogP contribution is 2.34. The molecule has 1 amide bonds. The normalized spacial score (nSPS) is 19.8. The number of amides is 1. The summed E-state index contributed by atoms with van der Waals surface area (Å²) in [6.45, 7) is 5.11. The first kappa shape index (κ1) is 25.0. The van der Waals surface area contributed by atoms with Crippen LogP contribution in [0.2, 0.25) is 0 Å². The molecular formula is C25H35FN2O3. The number of ether oxygens (including phenoxy) is 2. The Morgan fingerprint density at radius 1 is 1.19 bits per heavy atom. The largest absolute Gasteiger partial charge is 0.383 e. The molecule has 2 N–H and O–H groups in total. The van der Waals surface area contributed by atoms with E-state index in [-0.39, 0.29) is 11.9 Å². The Labute approximate surface area is 185 Å². The molecule has 0 radical (unpaired) electrons. The Hall–Kier alpha value is -2.28. The highest BCUT2D eigenvalue weighted by molar-refractivity contribution is 5.54. The lowest BCUT2D eigenvalue weighted by Gasteiger charge is -2.35. The Kier molecular flexibility index (Phi) is 11.2. The minimum absolute atomic E-state index is 0.108. The number of hydrogen-bond acceptors (Lipinski definition) is 4. The maximum absolute atomic E-state index is 13.0. The molecule has 2 atom stereocenters. The van der Waals surface area contributed by atoms with Crippen molar-refractivity contribution in [3.8, 4) is 0 Å². The molecule has 0 aliphatic carbocycles. The molecule has 1 saturated heterocycles. The second-order valence-electron chi connectivity index (χ2n) is 7.70. The van der Waals surface area contributed by atoms with Crippen LogP contribution in [0, 0.1) is 5.82 Å². The summed E-state index contributed by atoms with van der Waals surface area (Å²) in [5.41, 5.74) is 8.35. The molecule has 1 fully saturated rings. The van der Waals surface area contributed by atoms with Crippen LogP contribution >= 0.6 is 0 Å². The predicted octanol–water partition coefficient (Wildman–Crippen LogP) is 4.10. The number of carbonyl (C=O) groups excluding carboxylic acids is 1. The molecule has 0 saturated carbocycles. The van der Waals surface area contributed by atoms with Gasteiger partial charge in [-0.3, -0.25) is 4.79 Å². The fraction of sp³-hybridized carbons (Fsp3) is 0.480. The van der Waals surface area contributed by atoms with E-state index < -0.39 is 0 Å². The molecule has 2 aliphatic rings. The van der Waals surface area contributed by atoms with Crippen molar-refractivity contribution in [2.45, 2.75) is 44.8 Å². The molecule has 2 aromatic rings. The topological polar surface area (TPSA) is 64.8 Å². The molecule has 4 rings (SSSR count). The first-order valence-electron chi connectivity index (χ1n) is 11.0. The second-order valence-corrected chi connectivity index (χ2v) is 7.70. The average molecular weight is 431 g/mol. The van der Waals surface area contributed by atoms with Crippen molar-refractivity contribution in [1.82, 2.24) is 4.90 Å². The zero-order chi connectivity index (χ0) is 22.5. The number of methoxy groups -OCH3 is 1. The summed E-state index contributed by atoms with van der Waals surface area (Å²) >= 11 is 0. The molecule has 0 unspecified atom stereocenters. The summed E-state index contributed by atoms with van der Waals surface area (Å²) in [5, 5.41) is 0. The molecule has 2 aromatic carbocycles. The smallest absolute Gasteiger partial charge is 0.210 e. The molecule has 5 nitrogen and oxygen atoms in total.